The molecule has 18 heavy (non-hydrogen) atoms. The van der Waals surface area contributed by atoms with Gasteiger partial charge in [-0.3, -0.25) is 0 Å². The molecular formula is C14H23N3O. The average molecular weight is 249 g/mol. The van der Waals surface area contributed by atoms with E-state index >= 15 is 0 Å². The van der Waals surface area contributed by atoms with Crippen LogP contribution in [0.3, 0.4) is 0 Å². The molecule has 4 nitrogen and oxygen atoms in total. The number of aromatic nitrogens is 2. The van der Waals surface area contributed by atoms with Crippen molar-refractivity contribution in [2.24, 2.45) is 5.41 Å². The summed E-state index contributed by atoms with van der Waals surface area (Å²) in [5.74, 6) is 1.33. The standard InChI is InChI=1S/C14H23N3O/c1-3-14(8-5-6-9-14)11-16-13-15-10-7-12(17-13)18-4-2/h7,10H,3-6,8-9,11H2,1-2H3,(H,15,16,17). The van der Waals surface area contributed by atoms with Crippen molar-refractivity contribution in [1.82, 2.24) is 9.97 Å². The first-order chi connectivity index (χ1) is 8.78. The molecule has 1 heterocycles. The molecule has 1 aromatic heterocycles. The fraction of sp³-hybridized carbons (Fsp3) is 0.714. The van der Waals surface area contributed by atoms with Gasteiger partial charge in [0.05, 0.1) is 6.61 Å². The Morgan fingerprint density at radius 1 is 1.33 bits per heavy atom. The van der Waals surface area contributed by atoms with Crippen LogP contribution in [-0.2, 0) is 0 Å². The van der Waals surface area contributed by atoms with Gasteiger partial charge in [-0.1, -0.05) is 19.8 Å². The molecule has 1 aliphatic carbocycles. The van der Waals surface area contributed by atoms with Gasteiger partial charge in [0.25, 0.3) is 0 Å². The first kappa shape index (κ1) is 13.1. The van der Waals surface area contributed by atoms with Gasteiger partial charge in [0, 0.05) is 18.8 Å². The fourth-order valence-electron chi connectivity index (χ4n) is 2.70. The minimum atomic E-state index is 0.449. The molecule has 1 N–H and O–H groups in total. The third-order valence-corrected chi connectivity index (χ3v) is 3.96. The lowest BCUT2D eigenvalue weighted by Crippen LogP contribution is -2.26. The second-order valence-electron chi connectivity index (χ2n) is 5.07. The topological polar surface area (TPSA) is 47.0 Å². The molecule has 0 aliphatic heterocycles. The van der Waals surface area contributed by atoms with E-state index in [0.29, 0.717) is 23.9 Å². The highest BCUT2D eigenvalue weighted by molar-refractivity contribution is 5.28. The largest absolute Gasteiger partial charge is 0.478 e. The van der Waals surface area contributed by atoms with Crippen LogP contribution in [0.15, 0.2) is 12.3 Å². The van der Waals surface area contributed by atoms with Crippen molar-refractivity contribution in [2.75, 3.05) is 18.5 Å². The van der Waals surface area contributed by atoms with E-state index < -0.39 is 0 Å². The zero-order valence-corrected chi connectivity index (χ0v) is 11.4. The van der Waals surface area contributed by atoms with Crippen LogP contribution in [-0.4, -0.2) is 23.1 Å². The summed E-state index contributed by atoms with van der Waals surface area (Å²) < 4.78 is 5.38. The summed E-state index contributed by atoms with van der Waals surface area (Å²) in [6, 6.07) is 1.79. The number of nitrogens with zero attached hydrogens (tertiary/aromatic N) is 2. The van der Waals surface area contributed by atoms with Crippen molar-refractivity contribution in [3.8, 4) is 5.88 Å². The first-order valence-corrected chi connectivity index (χ1v) is 6.98. The lowest BCUT2D eigenvalue weighted by molar-refractivity contribution is 0.305. The van der Waals surface area contributed by atoms with Gasteiger partial charge in [0.2, 0.25) is 11.8 Å². The van der Waals surface area contributed by atoms with Gasteiger partial charge in [-0.25, -0.2) is 4.98 Å². The van der Waals surface area contributed by atoms with Gasteiger partial charge in [-0.15, -0.1) is 0 Å². The van der Waals surface area contributed by atoms with E-state index in [0.717, 1.165) is 6.54 Å². The van der Waals surface area contributed by atoms with Crippen LogP contribution in [0.1, 0.15) is 46.0 Å². The smallest absolute Gasteiger partial charge is 0.225 e. The monoisotopic (exact) mass is 249 g/mol. The van der Waals surface area contributed by atoms with Crippen LogP contribution in [0.5, 0.6) is 5.88 Å². The molecule has 1 aliphatic rings. The first-order valence-electron chi connectivity index (χ1n) is 6.98. The van der Waals surface area contributed by atoms with Crippen LogP contribution in [0, 0.1) is 5.41 Å². The highest BCUT2D eigenvalue weighted by Gasteiger charge is 2.31. The molecule has 0 atom stereocenters. The van der Waals surface area contributed by atoms with E-state index in [1.807, 2.05) is 6.92 Å². The van der Waals surface area contributed by atoms with Gasteiger partial charge < -0.3 is 10.1 Å². The number of nitrogens with one attached hydrogen (secondary N) is 1. The molecule has 0 unspecified atom stereocenters. The molecule has 0 aromatic carbocycles. The zero-order chi connectivity index (χ0) is 12.8. The van der Waals surface area contributed by atoms with E-state index in [1.165, 1.54) is 32.1 Å². The molecule has 1 fully saturated rings. The van der Waals surface area contributed by atoms with Crippen LogP contribution < -0.4 is 10.1 Å². The van der Waals surface area contributed by atoms with Crippen molar-refractivity contribution in [3.63, 3.8) is 0 Å². The van der Waals surface area contributed by atoms with Crippen LogP contribution in [0.25, 0.3) is 0 Å². The Balaban J connectivity index is 1.94. The minimum Gasteiger partial charge on any atom is -0.478 e. The molecule has 100 valence electrons. The van der Waals surface area contributed by atoms with E-state index in [1.54, 1.807) is 12.3 Å². The molecule has 2 rings (SSSR count). The molecule has 0 spiro atoms. The highest BCUT2D eigenvalue weighted by Crippen LogP contribution is 2.40. The number of anilines is 1. The van der Waals surface area contributed by atoms with E-state index in [9.17, 15) is 0 Å². The van der Waals surface area contributed by atoms with Crippen molar-refractivity contribution in [1.29, 1.82) is 0 Å². The molecule has 0 radical (unpaired) electrons. The van der Waals surface area contributed by atoms with Gasteiger partial charge in [0.1, 0.15) is 0 Å². The van der Waals surface area contributed by atoms with Crippen molar-refractivity contribution >= 4 is 5.95 Å². The zero-order valence-electron chi connectivity index (χ0n) is 11.4. The van der Waals surface area contributed by atoms with Gasteiger partial charge in [-0.2, -0.15) is 4.98 Å². The Labute approximate surface area is 109 Å². The number of rotatable bonds is 6. The molecule has 0 bridgehead atoms. The maximum Gasteiger partial charge on any atom is 0.225 e. The Kier molecular flexibility index (Phi) is 4.39. The second-order valence-corrected chi connectivity index (χ2v) is 5.07. The molecule has 0 saturated heterocycles. The highest BCUT2D eigenvalue weighted by atomic mass is 16.5. The third kappa shape index (κ3) is 3.12. The molecule has 1 aromatic rings. The van der Waals surface area contributed by atoms with Gasteiger partial charge >= 0.3 is 0 Å². The van der Waals surface area contributed by atoms with E-state index in [4.69, 9.17) is 4.74 Å². The Morgan fingerprint density at radius 3 is 2.78 bits per heavy atom. The summed E-state index contributed by atoms with van der Waals surface area (Å²) in [7, 11) is 0. The van der Waals surface area contributed by atoms with E-state index in [2.05, 4.69) is 22.2 Å². The number of hydrogen-bond acceptors (Lipinski definition) is 4. The summed E-state index contributed by atoms with van der Waals surface area (Å²) in [4.78, 5) is 8.59. The Morgan fingerprint density at radius 2 is 2.11 bits per heavy atom. The number of hydrogen-bond donors (Lipinski definition) is 1. The van der Waals surface area contributed by atoms with Crippen molar-refractivity contribution in [2.45, 2.75) is 46.0 Å². The molecule has 1 saturated carbocycles. The molecule has 0 amide bonds. The quantitative estimate of drug-likeness (QED) is 0.840. The van der Waals surface area contributed by atoms with Crippen LogP contribution >= 0.6 is 0 Å². The average Bonchev–Trinajstić information content (AvgIpc) is 2.87. The van der Waals surface area contributed by atoms with Crippen LogP contribution in [0.4, 0.5) is 5.95 Å². The van der Waals surface area contributed by atoms with Crippen molar-refractivity contribution in [3.05, 3.63) is 12.3 Å². The van der Waals surface area contributed by atoms with Gasteiger partial charge in [-0.05, 0) is 31.6 Å². The normalized spacial score (nSPS) is 17.7. The second kappa shape index (κ2) is 6.03. The Hall–Kier alpha value is -1.32. The van der Waals surface area contributed by atoms with Gasteiger partial charge in [0.15, 0.2) is 0 Å². The fourth-order valence-corrected chi connectivity index (χ4v) is 2.70. The summed E-state index contributed by atoms with van der Waals surface area (Å²) in [5.41, 5.74) is 0.449. The SMILES string of the molecule is CCOc1ccnc(NCC2(CC)CCCC2)n1. The summed E-state index contributed by atoms with van der Waals surface area (Å²) >= 11 is 0. The predicted molar refractivity (Wildman–Crippen MR) is 72.9 cm³/mol. The molecular weight excluding hydrogens is 226 g/mol. The molecule has 4 heteroatoms. The summed E-state index contributed by atoms with van der Waals surface area (Å²) in [6.45, 7) is 5.85. The lowest BCUT2D eigenvalue weighted by Gasteiger charge is -2.27. The summed E-state index contributed by atoms with van der Waals surface area (Å²) in [6.07, 6.45) is 8.33. The third-order valence-electron chi connectivity index (χ3n) is 3.96. The lowest BCUT2D eigenvalue weighted by atomic mass is 9.83. The predicted octanol–water partition coefficient (Wildman–Crippen LogP) is 3.26. The maximum atomic E-state index is 5.38. The summed E-state index contributed by atoms with van der Waals surface area (Å²) in [5, 5.41) is 3.37. The number of ether oxygens (including phenoxy) is 1. The van der Waals surface area contributed by atoms with Crippen LogP contribution in [0.2, 0.25) is 0 Å². The van der Waals surface area contributed by atoms with E-state index in [-0.39, 0.29) is 0 Å². The van der Waals surface area contributed by atoms with Crippen molar-refractivity contribution < 1.29 is 4.74 Å². The minimum absolute atomic E-state index is 0.449. The maximum absolute atomic E-state index is 5.38. The Bertz CT molecular complexity index is 375.